The molecular weight excluding hydrogens is 344 g/mol. The van der Waals surface area contributed by atoms with Gasteiger partial charge in [0.25, 0.3) is 5.91 Å². The highest BCUT2D eigenvalue weighted by Gasteiger charge is 2.14. The lowest BCUT2D eigenvalue weighted by molar-refractivity contribution is -0.132. The van der Waals surface area contributed by atoms with Gasteiger partial charge in [-0.05, 0) is 37.6 Å². The van der Waals surface area contributed by atoms with Gasteiger partial charge in [0.1, 0.15) is 5.75 Å². The summed E-state index contributed by atoms with van der Waals surface area (Å²) in [4.78, 5) is 36.9. The highest BCUT2D eigenvalue weighted by atomic mass is 16.5. The van der Waals surface area contributed by atoms with E-state index < -0.39 is 0 Å². The third kappa shape index (κ3) is 5.95. The molecule has 2 aromatic carbocycles. The van der Waals surface area contributed by atoms with Gasteiger partial charge >= 0.3 is 0 Å². The first-order valence-corrected chi connectivity index (χ1v) is 8.61. The standard InChI is InChI=1S/C21H24N2O4/c1-14-5-7-17(8-6-14)12-23(4)21(26)13-27-20-11-18(15(2)24)9-10-19(20)22-16(3)25/h5-11H,12-13H2,1-4H3,(H,22,25). The van der Waals surface area contributed by atoms with Crippen LogP contribution in [0.4, 0.5) is 5.69 Å². The summed E-state index contributed by atoms with van der Waals surface area (Å²) in [5.41, 5.74) is 3.04. The molecule has 0 bridgehead atoms. The van der Waals surface area contributed by atoms with Gasteiger partial charge in [0.15, 0.2) is 12.4 Å². The van der Waals surface area contributed by atoms with Crippen LogP contribution in [0.1, 0.15) is 35.3 Å². The zero-order valence-corrected chi connectivity index (χ0v) is 16.0. The van der Waals surface area contributed by atoms with Crippen molar-refractivity contribution >= 4 is 23.3 Å². The Kier molecular flexibility index (Phi) is 6.71. The average Bonchev–Trinajstić information content (AvgIpc) is 2.61. The highest BCUT2D eigenvalue weighted by molar-refractivity contribution is 5.96. The number of hydrogen-bond donors (Lipinski definition) is 1. The van der Waals surface area contributed by atoms with Crippen LogP contribution in [0.25, 0.3) is 0 Å². The van der Waals surface area contributed by atoms with E-state index >= 15 is 0 Å². The van der Waals surface area contributed by atoms with E-state index in [1.165, 1.54) is 19.9 Å². The summed E-state index contributed by atoms with van der Waals surface area (Å²) in [5, 5.41) is 2.64. The molecular formula is C21H24N2O4. The molecule has 0 heterocycles. The van der Waals surface area contributed by atoms with Gasteiger partial charge in [-0.2, -0.15) is 0 Å². The van der Waals surface area contributed by atoms with Crippen molar-refractivity contribution < 1.29 is 19.1 Å². The number of anilines is 1. The molecule has 0 aromatic heterocycles. The smallest absolute Gasteiger partial charge is 0.260 e. The predicted octanol–water partition coefficient (Wildman–Crippen LogP) is 3.19. The monoisotopic (exact) mass is 368 g/mol. The van der Waals surface area contributed by atoms with E-state index in [4.69, 9.17) is 4.74 Å². The third-order valence-electron chi connectivity index (χ3n) is 4.02. The van der Waals surface area contributed by atoms with Crippen LogP contribution in [0.2, 0.25) is 0 Å². The number of rotatable bonds is 7. The molecule has 6 nitrogen and oxygen atoms in total. The van der Waals surface area contributed by atoms with E-state index in [0.29, 0.717) is 17.8 Å². The summed E-state index contributed by atoms with van der Waals surface area (Å²) in [6, 6.07) is 12.7. The molecule has 0 aliphatic carbocycles. The van der Waals surface area contributed by atoms with Crippen molar-refractivity contribution in [2.75, 3.05) is 19.0 Å². The second kappa shape index (κ2) is 8.98. The number of nitrogens with zero attached hydrogens (tertiary/aromatic N) is 1. The molecule has 142 valence electrons. The van der Waals surface area contributed by atoms with E-state index in [9.17, 15) is 14.4 Å². The Morgan fingerprint density at radius 1 is 1.04 bits per heavy atom. The molecule has 6 heteroatoms. The highest BCUT2D eigenvalue weighted by Crippen LogP contribution is 2.26. The molecule has 0 unspecified atom stereocenters. The fourth-order valence-electron chi connectivity index (χ4n) is 2.46. The quantitative estimate of drug-likeness (QED) is 0.762. The Labute approximate surface area is 159 Å². The number of carbonyl (C=O) groups excluding carboxylic acids is 3. The number of aryl methyl sites for hydroxylation is 1. The lowest BCUT2D eigenvalue weighted by Gasteiger charge is -2.19. The van der Waals surface area contributed by atoms with Crippen molar-refractivity contribution in [3.05, 3.63) is 59.2 Å². The Morgan fingerprint density at radius 3 is 2.30 bits per heavy atom. The summed E-state index contributed by atoms with van der Waals surface area (Å²) in [7, 11) is 1.70. The van der Waals surface area contributed by atoms with Crippen LogP contribution in [0.15, 0.2) is 42.5 Å². The van der Waals surface area contributed by atoms with Crippen LogP contribution in [-0.2, 0) is 16.1 Å². The van der Waals surface area contributed by atoms with Gasteiger partial charge in [-0.15, -0.1) is 0 Å². The number of amides is 2. The number of hydrogen-bond acceptors (Lipinski definition) is 4. The Morgan fingerprint density at radius 2 is 1.70 bits per heavy atom. The van der Waals surface area contributed by atoms with Crippen molar-refractivity contribution in [1.82, 2.24) is 4.90 Å². The average molecular weight is 368 g/mol. The Bertz CT molecular complexity index is 844. The van der Waals surface area contributed by atoms with Crippen LogP contribution in [0, 0.1) is 6.92 Å². The molecule has 0 aliphatic rings. The van der Waals surface area contributed by atoms with Crippen molar-refractivity contribution in [3.8, 4) is 5.75 Å². The molecule has 0 spiro atoms. The minimum absolute atomic E-state index is 0.128. The van der Waals surface area contributed by atoms with Crippen molar-refractivity contribution in [1.29, 1.82) is 0 Å². The van der Waals surface area contributed by atoms with Gasteiger partial charge in [-0.3, -0.25) is 14.4 Å². The number of ether oxygens (including phenoxy) is 1. The molecule has 0 saturated heterocycles. The largest absolute Gasteiger partial charge is 0.482 e. The molecule has 2 rings (SSSR count). The molecule has 2 aromatic rings. The van der Waals surface area contributed by atoms with Gasteiger partial charge in [0, 0.05) is 26.1 Å². The first-order chi connectivity index (χ1) is 12.8. The number of benzene rings is 2. The van der Waals surface area contributed by atoms with E-state index in [1.54, 1.807) is 24.1 Å². The SMILES string of the molecule is CC(=O)Nc1ccc(C(C)=O)cc1OCC(=O)N(C)Cc1ccc(C)cc1. The molecule has 0 radical (unpaired) electrons. The summed E-state index contributed by atoms with van der Waals surface area (Å²) in [5.74, 6) is -0.317. The maximum Gasteiger partial charge on any atom is 0.260 e. The molecule has 27 heavy (non-hydrogen) atoms. The maximum absolute atomic E-state index is 12.4. The van der Waals surface area contributed by atoms with Crippen molar-refractivity contribution in [3.63, 3.8) is 0 Å². The molecule has 1 N–H and O–H groups in total. The van der Waals surface area contributed by atoms with Crippen molar-refractivity contribution in [2.45, 2.75) is 27.3 Å². The van der Waals surface area contributed by atoms with Gasteiger partial charge in [-0.25, -0.2) is 0 Å². The molecule has 0 aliphatic heterocycles. The molecule has 0 saturated carbocycles. The normalized spacial score (nSPS) is 10.2. The number of Topliss-reactive ketones (excluding diaryl/α,β-unsaturated/α-hetero) is 1. The summed E-state index contributed by atoms with van der Waals surface area (Å²) >= 11 is 0. The fourth-order valence-corrected chi connectivity index (χ4v) is 2.46. The zero-order valence-electron chi connectivity index (χ0n) is 16.0. The summed E-state index contributed by atoms with van der Waals surface area (Å²) < 4.78 is 5.61. The van der Waals surface area contributed by atoms with E-state index in [0.717, 1.165) is 11.1 Å². The minimum atomic E-state index is -0.266. The van der Waals surface area contributed by atoms with Crippen LogP contribution < -0.4 is 10.1 Å². The Hall–Kier alpha value is -3.15. The maximum atomic E-state index is 12.4. The zero-order chi connectivity index (χ0) is 20.0. The molecule has 2 amide bonds. The van der Waals surface area contributed by atoms with Gasteiger partial charge in [-0.1, -0.05) is 29.8 Å². The Balaban J connectivity index is 2.05. The third-order valence-corrected chi connectivity index (χ3v) is 4.02. The van der Waals surface area contributed by atoms with E-state index in [-0.39, 0.29) is 30.0 Å². The van der Waals surface area contributed by atoms with E-state index in [2.05, 4.69) is 5.32 Å². The number of likely N-dealkylation sites (N-methyl/N-ethyl adjacent to an activating group) is 1. The van der Waals surface area contributed by atoms with Crippen LogP contribution in [0.3, 0.4) is 0 Å². The fraction of sp³-hybridized carbons (Fsp3) is 0.286. The van der Waals surface area contributed by atoms with Gasteiger partial charge in [0.2, 0.25) is 5.91 Å². The van der Waals surface area contributed by atoms with Gasteiger partial charge in [0.05, 0.1) is 5.69 Å². The lowest BCUT2D eigenvalue weighted by atomic mass is 10.1. The summed E-state index contributed by atoms with van der Waals surface area (Å²) in [6.45, 7) is 5.10. The van der Waals surface area contributed by atoms with Crippen LogP contribution in [0.5, 0.6) is 5.75 Å². The lowest BCUT2D eigenvalue weighted by Crippen LogP contribution is -2.31. The second-order valence-electron chi connectivity index (χ2n) is 6.47. The summed E-state index contributed by atoms with van der Waals surface area (Å²) in [6.07, 6.45) is 0. The number of carbonyl (C=O) groups is 3. The number of nitrogens with one attached hydrogen (secondary N) is 1. The molecule has 0 atom stereocenters. The first-order valence-electron chi connectivity index (χ1n) is 8.61. The minimum Gasteiger partial charge on any atom is -0.482 e. The number of ketones is 1. The van der Waals surface area contributed by atoms with Crippen molar-refractivity contribution in [2.24, 2.45) is 0 Å². The first kappa shape index (κ1) is 20.2. The van der Waals surface area contributed by atoms with E-state index in [1.807, 2.05) is 31.2 Å². The van der Waals surface area contributed by atoms with Gasteiger partial charge < -0.3 is 15.0 Å². The second-order valence-corrected chi connectivity index (χ2v) is 6.47. The topological polar surface area (TPSA) is 75.7 Å². The molecule has 0 fully saturated rings. The predicted molar refractivity (Wildman–Crippen MR) is 104 cm³/mol. The van der Waals surface area contributed by atoms with Crippen LogP contribution >= 0.6 is 0 Å². The van der Waals surface area contributed by atoms with Crippen LogP contribution in [-0.4, -0.2) is 36.2 Å².